The lowest BCUT2D eigenvalue weighted by Gasteiger charge is -2.26. The first-order valence-electron chi connectivity index (χ1n) is 37.0. The molecule has 0 aliphatic carbocycles. The quantitative estimate of drug-likeness (QED) is 0.0195. The lowest BCUT2D eigenvalue weighted by atomic mass is 10.0. The molecule has 2 unspecified atom stereocenters. The Morgan fingerprint density at radius 1 is 0.348 bits per heavy atom. The summed E-state index contributed by atoms with van der Waals surface area (Å²) in [6, 6.07) is 0. The minimum Gasteiger partial charge on any atom is -0.545 e. The summed E-state index contributed by atoms with van der Waals surface area (Å²) < 4.78 is 22.8. The third-order valence-corrected chi connectivity index (χ3v) is 16.0. The van der Waals surface area contributed by atoms with Crippen LogP contribution in [-0.2, 0) is 33.3 Å². The van der Waals surface area contributed by atoms with Gasteiger partial charge in [-0.15, -0.1) is 0 Å². The van der Waals surface area contributed by atoms with Gasteiger partial charge >= 0.3 is 11.9 Å². The number of carbonyl (C=O) groups is 3. The first-order valence-corrected chi connectivity index (χ1v) is 37.0. The average Bonchev–Trinajstić information content (AvgIpc) is 3.64. The molecule has 9 nitrogen and oxygen atoms in total. The largest absolute Gasteiger partial charge is 0.545 e. The van der Waals surface area contributed by atoms with Gasteiger partial charge in [0.2, 0.25) is 0 Å². The van der Waals surface area contributed by atoms with E-state index in [2.05, 4.69) is 123 Å². The Balaban J connectivity index is 4.10. The van der Waals surface area contributed by atoms with Crippen LogP contribution in [0.2, 0.25) is 0 Å². The fourth-order valence-electron chi connectivity index (χ4n) is 10.4. The smallest absolute Gasteiger partial charge is 0.306 e. The summed E-state index contributed by atoms with van der Waals surface area (Å²) >= 11 is 0. The molecule has 0 heterocycles. The van der Waals surface area contributed by atoms with Crippen molar-refractivity contribution in [2.24, 2.45) is 0 Å². The number of aliphatic carboxylic acids is 1. The summed E-state index contributed by atoms with van der Waals surface area (Å²) in [5.41, 5.74) is 0. The molecule has 0 bridgehead atoms. The second-order valence-electron chi connectivity index (χ2n) is 25.9. The number of nitrogens with zero attached hydrogens (tertiary/aromatic N) is 1. The number of esters is 2. The summed E-state index contributed by atoms with van der Waals surface area (Å²) in [6.07, 6.45) is 94.7. The molecule has 0 radical (unpaired) electrons. The molecule has 0 N–H and O–H groups in total. The summed E-state index contributed by atoms with van der Waals surface area (Å²) in [4.78, 5) is 37.5. The topological polar surface area (TPSA) is 111 Å². The van der Waals surface area contributed by atoms with Gasteiger partial charge in [-0.1, -0.05) is 316 Å². The van der Waals surface area contributed by atoms with Gasteiger partial charge < -0.3 is 33.3 Å². The molecule has 0 fully saturated rings. The van der Waals surface area contributed by atoms with Crippen molar-refractivity contribution in [3.63, 3.8) is 0 Å². The predicted molar refractivity (Wildman–Crippen MR) is 380 cm³/mol. The molecule has 0 spiro atoms. The van der Waals surface area contributed by atoms with Gasteiger partial charge in [0.15, 0.2) is 12.4 Å². The van der Waals surface area contributed by atoms with Crippen molar-refractivity contribution in [1.82, 2.24) is 0 Å². The van der Waals surface area contributed by atoms with Crippen LogP contribution in [0.1, 0.15) is 322 Å². The highest BCUT2D eigenvalue weighted by atomic mass is 16.7. The van der Waals surface area contributed by atoms with E-state index in [0.29, 0.717) is 17.4 Å². The number of unbranched alkanes of at least 4 members (excludes halogenated alkanes) is 35. The van der Waals surface area contributed by atoms with Crippen LogP contribution in [0.4, 0.5) is 0 Å². The molecule has 0 saturated heterocycles. The first-order chi connectivity index (χ1) is 43.6. The van der Waals surface area contributed by atoms with Crippen molar-refractivity contribution >= 4 is 17.9 Å². The van der Waals surface area contributed by atoms with E-state index < -0.39 is 24.3 Å². The number of quaternary nitrogens is 1. The maximum absolute atomic E-state index is 12.9. The van der Waals surface area contributed by atoms with Crippen molar-refractivity contribution < 1.29 is 42.9 Å². The standard InChI is InChI=1S/C80H139NO8/c1-6-8-10-12-14-16-18-20-22-24-26-28-30-32-34-36-38-39-41-42-44-46-48-50-52-54-56-58-60-62-64-66-68-70-77(82)87-74-76(75-88-80(79(84)85)86-73-72-81(3,4)5)89-78(83)71-69-67-65-63-61-59-57-55-53-51-49-47-45-43-40-37-35-33-31-29-27-25-23-21-19-17-15-13-11-9-7-2/h9,11,15,17-18,20-21,23-24,26-27,29,33,35,40,43,47,49,76,80H,6-8,10,12-14,16,19,22,25,28,30-32,34,36-39,41-42,44-46,48,50-75H2,1-5H3/b11-9-,17-15-,20-18-,23-21-,26-24-,29-27-,35-33-,43-40-,49-47-. The van der Waals surface area contributed by atoms with Crippen LogP contribution >= 0.6 is 0 Å². The van der Waals surface area contributed by atoms with Gasteiger partial charge in [0, 0.05) is 12.8 Å². The number of likely N-dealkylation sites (N-methyl/N-ethyl adjacent to an activating group) is 1. The number of hydrogen-bond acceptors (Lipinski definition) is 8. The molecule has 0 aromatic heterocycles. The Labute approximate surface area is 549 Å². The van der Waals surface area contributed by atoms with Crippen LogP contribution in [0.25, 0.3) is 0 Å². The lowest BCUT2D eigenvalue weighted by molar-refractivity contribution is -0.870. The average molecular weight is 1240 g/mol. The molecular weight excluding hydrogens is 1100 g/mol. The van der Waals surface area contributed by atoms with E-state index in [4.69, 9.17) is 18.9 Å². The predicted octanol–water partition coefficient (Wildman–Crippen LogP) is 22.0. The van der Waals surface area contributed by atoms with Crippen LogP contribution in [0.5, 0.6) is 0 Å². The van der Waals surface area contributed by atoms with Crippen molar-refractivity contribution in [1.29, 1.82) is 0 Å². The summed E-state index contributed by atoms with van der Waals surface area (Å²) in [6.45, 7) is 4.64. The van der Waals surface area contributed by atoms with Crippen LogP contribution in [0.3, 0.4) is 0 Å². The van der Waals surface area contributed by atoms with E-state index in [1.807, 2.05) is 21.1 Å². The van der Waals surface area contributed by atoms with Crippen LogP contribution in [-0.4, -0.2) is 82.3 Å². The van der Waals surface area contributed by atoms with Crippen molar-refractivity contribution in [3.8, 4) is 0 Å². The van der Waals surface area contributed by atoms with Gasteiger partial charge in [-0.2, -0.15) is 0 Å². The van der Waals surface area contributed by atoms with Gasteiger partial charge in [-0.25, -0.2) is 0 Å². The van der Waals surface area contributed by atoms with E-state index >= 15 is 0 Å². The van der Waals surface area contributed by atoms with Crippen molar-refractivity contribution in [3.05, 3.63) is 109 Å². The zero-order chi connectivity index (χ0) is 64.7. The first kappa shape index (κ1) is 85.0. The van der Waals surface area contributed by atoms with Crippen molar-refractivity contribution in [2.75, 3.05) is 47.5 Å². The van der Waals surface area contributed by atoms with E-state index in [-0.39, 0.29) is 38.6 Å². The molecule has 9 heteroatoms. The molecule has 0 aliphatic heterocycles. The molecular formula is C80H139NO8. The zero-order valence-electron chi connectivity index (χ0n) is 58.5. The minimum atomic E-state index is -1.63. The monoisotopic (exact) mass is 1240 g/mol. The van der Waals surface area contributed by atoms with Gasteiger partial charge in [-0.05, 0) is 103 Å². The normalized spacial score (nSPS) is 13.3. The fourth-order valence-corrected chi connectivity index (χ4v) is 10.4. The van der Waals surface area contributed by atoms with E-state index in [1.54, 1.807) is 0 Å². The molecule has 0 rings (SSSR count). The highest BCUT2D eigenvalue weighted by molar-refractivity contribution is 5.70. The molecule has 0 saturated carbocycles. The third kappa shape index (κ3) is 71.3. The Hall–Kier alpha value is -4.05. The summed E-state index contributed by atoms with van der Waals surface area (Å²) in [5, 5.41) is 11.8. The Bertz CT molecular complexity index is 1830. The number of rotatable bonds is 68. The molecule has 0 amide bonds. The van der Waals surface area contributed by atoms with Crippen LogP contribution < -0.4 is 5.11 Å². The number of carbonyl (C=O) groups excluding carboxylic acids is 3. The van der Waals surface area contributed by atoms with Gasteiger partial charge in [-0.3, -0.25) is 9.59 Å². The third-order valence-electron chi connectivity index (χ3n) is 16.0. The van der Waals surface area contributed by atoms with Gasteiger partial charge in [0.05, 0.1) is 40.3 Å². The molecule has 0 aliphatic rings. The second-order valence-corrected chi connectivity index (χ2v) is 25.9. The minimum absolute atomic E-state index is 0.143. The number of ether oxygens (including phenoxy) is 4. The molecule has 0 aromatic rings. The highest BCUT2D eigenvalue weighted by Gasteiger charge is 2.22. The summed E-state index contributed by atoms with van der Waals surface area (Å²) in [7, 11) is 5.93. The van der Waals surface area contributed by atoms with E-state index in [1.165, 1.54) is 193 Å². The maximum Gasteiger partial charge on any atom is 0.306 e. The van der Waals surface area contributed by atoms with Gasteiger partial charge in [0.25, 0.3) is 0 Å². The maximum atomic E-state index is 12.9. The Morgan fingerprint density at radius 3 is 0.955 bits per heavy atom. The molecule has 89 heavy (non-hydrogen) atoms. The Morgan fingerprint density at radius 2 is 0.640 bits per heavy atom. The lowest BCUT2D eigenvalue weighted by Crippen LogP contribution is -2.44. The second kappa shape index (κ2) is 69.8. The van der Waals surface area contributed by atoms with Crippen molar-refractivity contribution in [2.45, 2.75) is 334 Å². The number of carboxylic acid groups (broad SMARTS) is 1. The molecule has 512 valence electrons. The van der Waals surface area contributed by atoms with Crippen LogP contribution in [0, 0.1) is 0 Å². The highest BCUT2D eigenvalue weighted by Crippen LogP contribution is 2.18. The molecule has 0 aromatic carbocycles. The van der Waals surface area contributed by atoms with E-state index in [0.717, 1.165) is 96.3 Å². The number of hydrogen-bond donors (Lipinski definition) is 0. The van der Waals surface area contributed by atoms with Gasteiger partial charge in [0.1, 0.15) is 13.2 Å². The SMILES string of the molecule is CC/C=C\C/C=C\C/C=C\C/C=C\C/C=C\C/C=C\C/C=C\CCCCCCCCCCCC(=O)OC(COC(=O)CCCCCCCCCCCCCCCCCCCCCCC/C=C\C/C=C\CCCCCCC)COC(OCC[N+](C)(C)C)C(=O)[O-]. The molecule has 2 atom stereocenters. The summed E-state index contributed by atoms with van der Waals surface area (Å²) in [5.74, 6) is -2.28. The Kier molecular flexibility index (Phi) is 66.7. The zero-order valence-corrected chi connectivity index (χ0v) is 58.5. The fraction of sp³-hybridized carbons (Fsp3) is 0.738. The van der Waals surface area contributed by atoms with E-state index in [9.17, 15) is 19.5 Å². The van der Waals surface area contributed by atoms with Crippen LogP contribution in [0.15, 0.2) is 109 Å². The number of allylic oxidation sites excluding steroid dienone is 18. The number of carboxylic acids is 1.